The number of rotatable bonds is 8. The highest BCUT2D eigenvalue weighted by Gasteiger charge is 2.57. The molecule has 1 amide bonds. The fraction of sp³-hybridized carbons (Fsp3) is 0.914. The van der Waals surface area contributed by atoms with Gasteiger partial charge in [-0.25, -0.2) is 4.79 Å². The number of ketones is 1. The molecule has 1 aliphatic carbocycles. The van der Waals surface area contributed by atoms with Gasteiger partial charge in [0.25, 0.3) is 0 Å². The Balaban J connectivity index is 1.70. The third-order valence-electron chi connectivity index (χ3n) is 11.2. The highest BCUT2D eigenvalue weighted by molar-refractivity contribution is 6.04. The quantitative estimate of drug-likeness (QED) is 0.219. The molecule has 3 aliphatic heterocycles. The Hall–Kier alpha value is -1.87. The molecule has 13 heteroatoms. The van der Waals surface area contributed by atoms with E-state index >= 15 is 0 Å². The monoisotopic (exact) mass is 682 g/mol. The molecule has 4 fully saturated rings. The Morgan fingerprint density at radius 1 is 1.08 bits per heavy atom. The maximum atomic E-state index is 14.5. The van der Waals surface area contributed by atoms with E-state index in [1.54, 1.807) is 34.8 Å². The molecule has 4 rings (SSSR count). The van der Waals surface area contributed by atoms with E-state index in [0.717, 1.165) is 12.8 Å². The maximum Gasteiger partial charge on any atom is 0.408 e. The van der Waals surface area contributed by atoms with Gasteiger partial charge in [0, 0.05) is 37.7 Å². The fourth-order valence-corrected chi connectivity index (χ4v) is 7.92. The van der Waals surface area contributed by atoms with Crippen LogP contribution < -0.4 is 16.0 Å². The second kappa shape index (κ2) is 15.2. The van der Waals surface area contributed by atoms with Crippen molar-refractivity contribution in [2.24, 2.45) is 17.3 Å². The van der Waals surface area contributed by atoms with E-state index in [4.69, 9.17) is 23.7 Å². The largest absolute Gasteiger partial charge is 0.457 e. The summed E-state index contributed by atoms with van der Waals surface area (Å²) in [4.78, 5) is 43.0. The minimum atomic E-state index is -1.59. The van der Waals surface area contributed by atoms with Crippen molar-refractivity contribution in [1.82, 2.24) is 20.9 Å². The van der Waals surface area contributed by atoms with E-state index in [1.165, 1.54) is 0 Å². The molecule has 1 saturated carbocycles. The summed E-state index contributed by atoms with van der Waals surface area (Å²) >= 11 is 0. The molecule has 0 spiro atoms. The van der Waals surface area contributed by atoms with E-state index in [1.807, 2.05) is 39.8 Å². The molecule has 276 valence electrons. The average Bonchev–Trinajstić information content (AvgIpc) is 3.81. The number of esters is 1. The topological polar surface area (TPSA) is 157 Å². The van der Waals surface area contributed by atoms with Crippen LogP contribution in [0.25, 0.3) is 0 Å². The normalized spacial score (nSPS) is 43.1. The number of fused-ring (bicyclic) bond motifs is 1. The number of carbonyl (C=O) groups excluding carboxylic acids is 3. The molecule has 0 aromatic rings. The lowest BCUT2D eigenvalue weighted by Gasteiger charge is -2.47. The Bertz CT molecular complexity index is 1150. The molecular formula is C35H62N4O9. The zero-order valence-electron chi connectivity index (χ0n) is 31.0. The van der Waals surface area contributed by atoms with Crippen molar-refractivity contribution in [2.45, 2.75) is 154 Å². The van der Waals surface area contributed by atoms with Crippen LogP contribution in [0, 0.1) is 17.3 Å². The summed E-state index contributed by atoms with van der Waals surface area (Å²) in [7, 11) is 5.45. The van der Waals surface area contributed by atoms with Crippen LogP contribution in [0.1, 0.15) is 87.5 Å². The second-order valence-electron chi connectivity index (χ2n) is 15.9. The first kappa shape index (κ1) is 38.9. The molecule has 3 saturated heterocycles. The van der Waals surface area contributed by atoms with Crippen LogP contribution in [0.3, 0.4) is 0 Å². The van der Waals surface area contributed by atoms with Gasteiger partial charge in [0.15, 0.2) is 17.7 Å². The van der Waals surface area contributed by atoms with Crippen LogP contribution >= 0.6 is 0 Å². The van der Waals surface area contributed by atoms with Gasteiger partial charge in [-0.05, 0) is 93.3 Å². The molecule has 48 heavy (non-hydrogen) atoms. The number of hydrogen-bond acceptors (Lipinski definition) is 12. The van der Waals surface area contributed by atoms with Crippen molar-refractivity contribution >= 4 is 17.8 Å². The van der Waals surface area contributed by atoms with Gasteiger partial charge in [0.05, 0.1) is 23.9 Å². The lowest BCUT2D eigenvalue weighted by Crippen LogP contribution is -2.60. The van der Waals surface area contributed by atoms with Crippen molar-refractivity contribution in [3.63, 3.8) is 0 Å². The van der Waals surface area contributed by atoms with Gasteiger partial charge in [-0.2, -0.15) is 0 Å². The Morgan fingerprint density at radius 2 is 1.75 bits per heavy atom. The number of carbonyl (C=O) groups is 3. The summed E-state index contributed by atoms with van der Waals surface area (Å²) in [5.74, 6) is -1.96. The number of alkyl carbamates (subject to hydrolysis) is 1. The lowest BCUT2D eigenvalue weighted by atomic mass is 9.74. The summed E-state index contributed by atoms with van der Waals surface area (Å²) in [6.07, 6.45) is -0.773. The number of aliphatic hydroxyl groups is 1. The molecule has 13 nitrogen and oxygen atoms in total. The van der Waals surface area contributed by atoms with E-state index in [0.29, 0.717) is 38.4 Å². The number of amides is 1. The van der Waals surface area contributed by atoms with Gasteiger partial charge in [-0.1, -0.05) is 20.8 Å². The number of Topliss-reactive ketones (excluding diaryl/α,β-unsaturated/α-hetero) is 1. The maximum absolute atomic E-state index is 14.5. The lowest BCUT2D eigenvalue weighted by molar-refractivity contribution is -0.297. The SMILES string of the molecule is CC[C@H]1OC(=O)C(C)(C)C(=O)[C@H](C)[C@@H](O[C@@H]2O[C@H](CNC3CC3)CC(N(C)C)[C@H]2O)[C@](C)(OC)C[C@@H](C)CN[C@H](C)[C@H]2NC(=O)O[C@@]21C. The molecule has 4 aliphatic rings. The zero-order valence-corrected chi connectivity index (χ0v) is 31.0. The first-order chi connectivity index (χ1) is 22.4. The summed E-state index contributed by atoms with van der Waals surface area (Å²) in [6.45, 7) is 15.6. The van der Waals surface area contributed by atoms with Crippen LogP contribution in [0.2, 0.25) is 0 Å². The summed E-state index contributed by atoms with van der Waals surface area (Å²) in [6, 6.07) is -0.485. The average molecular weight is 683 g/mol. The molecule has 0 aromatic carbocycles. The third kappa shape index (κ3) is 8.19. The fourth-order valence-electron chi connectivity index (χ4n) is 7.92. The first-order valence-corrected chi connectivity index (χ1v) is 17.8. The number of cyclic esters (lactones) is 1. The van der Waals surface area contributed by atoms with Crippen LogP contribution in [0.4, 0.5) is 4.79 Å². The van der Waals surface area contributed by atoms with Crippen LogP contribution in [-0.2, 0) is 33.3 Å². The number of ether oxygens (including phenoxy) is 5. The van der Waals surface area contributed by atoms with Crippen LogP contribution in [0.5, 0.6) is 0 Å². The molecule has 0 radical (unpaired) electrons. The third-order valence-corrected chi connectivity index (χ3v) is 11.2. The minimum Gasteiger partial charge on any atom is -0.457 e. The predicted octanol–water partition coefficient (Wildman–Crippen LogP) is 2.37. The van der Waals surface area contributed by atoms with Gasteiger partial charge in [-0.15, -0.1) is 0 Å². The standard InChI is InChI=1S/C35H62N4O9/c1-12-25-35(8)27(38-32(43)48-35)21(4)36-17-19(2)16-34(7,44-11)29(20(3)28(41)33(5,6)31(42)46-25)47-30-26(40)24(39(9)10)15-23(45-30)18-37-22-13-14-22/h19-27,29-30,36-37,40H,12-18H2,1-11H3,(H,38,43)/t19-,20+,21-,23+,24?,25-,26-,27-,29-,30+,34-,35-/m1/s1. The number of aliphatic hydroxyl groups excluding tert-OH is 1. The van der Waals surface area contributed by atoms with Crippen molar-refractivity contribution < 1.29 is 43.2 Å². The predicted molar refractivity (Wildman–Crippen MR) is 179 cm³/mol. The van der Waals surface area contributed by atoms with Crippen molar-refractivity contribution in [1.29, 1.82) is 0 Å². The van der Waals surface area contributed by atoms with Crippen molar-refractivity contribution in [2.75, 3.05) is 34.3 Å². The second-order valence-corrected chi connectivity index (χ2v) is 15.9. The van der Waals surface area contributed by atoms with Gasteiger partial charge >= 0.3 is 12.1 Å². The molecule has 0 bridgehead atoms. The molecule has 4 N–H and O–H groups in total. The number of methoxy groups -OCH3 is 1. The molecule has 0 aromatic heterocycles. The van der Waals surface area contributed by atoms with Gasteiger partial charge < -0.3 is 49.6 Å². The van der Waals surface area contributed by atoms with Crippen molar-refractivity contribution in [3.8, 4) is 0 Å². The van der Waals surface area contributed by atoms with Crippen LogP contribution in [0.15, 0.2) is 0 Å². The smallest absolute Gasteiger partial charge is 0.408 e. The Morgan fingerprint density at radius 3 is 2.33 bits per heavy atom. The molecule has 3 heterocycles. The van der Waals surface area contributed by atoms with E-state index in [-0.39, 0.29) is 24.1 Å². The summed E-state index contributed by atoms with van der Waals surface area (Å²) in [5.41, 5.74) is -3.78. The van der Waals surface area contributed by atoms with E-state index in [2.05, 4.69) is 22.9 Å². The number of hydrogen-bond donors (Lipinski definition) is 4. The minimum absolute atomic E-state index is 0.0234. The van der Waals surface area contributed by atoms with Gasteiger partial charge in [-0.3, -0.25) is 9.59 Å². The Kier molecular flexibility index (Phi) is 12.3. The highest BCUT2D eigenvalue weighted by atomic mass is 16.7. The molecule has 1 unspecified atom stereocenters. The highest BCUT2D eigenvalue weighted by Crippen LogP contribution is 2.39. The van der Waals surface area contributed by atoms with Crippen LogP contribution in [-0.4, -0.2) is 128 Å². The zero-order chi connectivity index (χ0) is 35.8. The number of nitrogens with zero attached hydrogens (tertiary/aromatic N) is 1. The Labute approximate surface area is 286 Å². The van der Waals surface area contributed by atoms with Gasteiger partial charge in [0.2, 0.25) is 0 Å². The van der Waals surface area contributed by atoms with E-state index in [9.17, 15) is 19.5 Å². The van der Waals surface area contributed by atoms with Crippen molar-refractivity contribution in [3.05, 3.63) is 0 Å². The number of likely N-dealkylation sites (N-methyl/N-ethyl adjacent to an activating group) is 1. The summed E-state index contributed by atoms with van der Waals surface area (Å²) in [5, 5.41) is 21.6. The van der Waals surface area contributed by atoms with Gasteiger partial charge in [0.1, 0.15) is 17.6 Å². The summed E-state index contributed by atoms with van der Waals surface area (Å²) < 4.78 is 31.3. The first-order valence-electron chi connectivity index (χ1n) is 17.8. The van der Waals surface area contributed by atoms with E-state index < -0.39 is 71.0 Å². The molecular weight excluding hydrogens is 620 g/mol. The number of nitrogens with one attached hydrogen (secondary N) is 3. The molecule has 12 atom stereocenters.